The highest BCUT2D eigenvalue weighted by molar-refractivity contribution is 6.00. The molecule has 21 heavy (non-hydrogen) atoms. The van der Waals surface area contributed by atoms with E-state index in [0.717, 1.165) is 11.1 Å². The van der Waals surface area contributed by atoms with E-state index in [9.17, 15) is 9.59 Å². The monoisotopic (exact) mass is 286 g/mol. The number of amides is 2. The maximum Gasteiger partial charge on any atom is 0.273 e. The van der Waals surface area contributed by atoms with Gasteiger partial charge in [0.05, 0.1) is 5.56 Å². The van der Waals surface area contributed by atoms with Crippen LogP contribution in [0.25, 0.3) is 0 Å². The summed E-state index contributed by atoms with van der Waals surface area (Å²) < 4.78 is 5.29. The number of hydrazine groups is 1. The Morgan fingerprint density at radius 1 is 0.952 bits per heavy atom. The molecule has 1 heterocycles. The van der Waals surface area contributed by atoms with E-state index in [-0.39, 0.29) is 5.91 Å². The molecule has 0 radical (unpaired) electrons. The molecule has 1 aromatic heterocycles. The van der Waals surface area contributed by atoms with Crippen LogP contribution in [0.2, 0.25) is 0 Å². The molecule has 0 fully saturated rings. The molecular formula is C16H18N2O3. The van der Waals surface area contributed by atoms with Crippen LogP contribution in [0.5, 0.6) is 0 Å². The fourth-order valence-electron chi connectivity index (χ4n) is 2.10. The average molecular weight is 286 g/mol. The number of carbonyl (C=O) groups is 2. The first-order chi connectivity index (χ1) is 9.90. The highest BCUT2D eigenvalue weighted by Crippen LogP contribution is 2.14. The molecule has 2 N–H and O–H groups in total. The number of rotatable bonds is 2. The third kappa shape index (κ3) is 3.13. The molecule has 2 aromatic rings. The minimum Gasteiger partial charge on any atom is -0.466 e. The van der Waals surface area contributed by atoms with E-state index >= 15 is 0 Å². The largest absolute Gasteiger partial charge is 0.466 e. The average Bonchev–Trinajstić information content (AvgIpc) is 2.78. The van der Waals surface area contributed by atoms with Gasteiger partial charge < -0.3 is 4.42 Å². The molecule has 2 rings (SSSR count). The topological polar surface area (TPSA) is 71.3 Å². The maximum absolute atomic E-state index is 12.1. The van der Waals surface area contributed by atoms with Gasteiger partial charge in [0.25, 0.3) is 11.8 Å². The van der Waals surface area contributed by atoms with Gasteiger partial charge in [0.15, 0.2) is 0 Å². The maximum atomic E-state index is 12.1. The number of aryl methyl sites for hydroxylation is 3. The van der Waals surface area contributed by atoms with E-state index in [0.29, 0.717) is 22.6 Å². The van der Waals surface area contributed by atoms with Crippen molar-refractivity contribution in [3.05, 3.63) is 58.0 Å². The van der Waals surface area contributed by atoms with Crippen LogP contribution in [0, 0.1) is 27.7 Å². The number of furan rings is 1. The van der Waals surface area contributed by atoms with Crippen LogP contribution in [-0.2, 0) is 0 Å². The summed E-state index contributed by atoms with van der Waals surface area (Å²) in [5, 5.41) is 0. The Morgan fingerprint density at radius 2 is 1.57 bits per heavy atom. The van der Waals surface area contributed by atoms with Gasteiger partial charge in [0.1, 0.15) is 11.5 Å². The zero-order valence-electron chi connectivity index (χ0n) is 12.5. The number of benzene rings is 1. The summed E-state index contributed by atoms with van der Waals surface area (Å²) >= 11 is 0. The lowest BCUT2D eigenvalue weighted by Gasteiger charge is -2.10. The molecule has 0 aliphatic heterocycles. The van der Waals surface area contributed by atoms with Crippen molar-refractivity contribution < 1.29 is 14.0 Å². The molecule has 0 atom stereocenters. The van der Waals surface area contributed by atoms with Crippen molar-refractivity contribution in [3.8, 4) is 0 Å². The van der Waals surface area contributed by atoms with Crippen LogP contribution in [0.15, 0.2) is 28.7 Å². The highest BCUT2D eigenvalue weighted by atomic mass is 16.3. The lowest BCUT2D eigenvalue weighted by molar-refractivity contribution is 0.0845. The first-order valence-corrected chi connectivity index (χ1v) is 6.64. The van der Waals surface area contributed by atoms with Gasteiger partial charge in [-0.1, -0.05) is 12.1 Å². The van der Waals surface area contributed by atoms with Crippen molar-refractivity contribution in [2.75, 3.05) is 0 Å². The van der Waals surface area contributed by atoms with Gasteiger partial charge in [-0.05, 0) is 51.0 Å². The van der Waals surface area contributed by atoms with E-state index in [1.54, 1.807) is 26.0 Å². The predicted octanol–water partition coefficient (Wildman–Crippen LogP) is 2.59. The lowest BCUT2D eigenvalue weighted by atomic mass is 10.0. The fraction of sp³-hybridized carbons (Fsp3) is 0.250. The van der Waals surface area contributed by atoms with Crippen molar-refractivity contribution in [1.29, 1.82) is 0 Å². The summed E-state index contributed by atoms with van der Waals surface area (Å²) in [5.41, 5.74) is 7.68. The van der Waals surface area contributed by atoms with Gasteiger partial charge >= 0.3 is 0 Å². The smallest absolute Gasteiger partial charge is 0.273 e. The van der Waals surface area contributed by atoms with Gasteiger partial charge in [-0.25, -0.2) is 0 Å². The summed E-state index contributed by atoms with van der Waals surface area (Å²) in [5.74, 6) is 0.426. The van der Waals surface area contributed by atoms with Crippen molar-refractivity contribution >= 4 is 11.8 Å². The summed E-state index contributed by atoms with van der Waals surface area (Å²) in [6, 6.07) is 7.09. The quantitative estimate of drug-likeness (QED) is 0.834. The fourth-order valence-corrected chi connectivity index (χ4v) is 2.10. The Kier molecular flexibility index (Phi) is 4.12. The van der Waals surface area contributed by atoms with E-state index < -0.39 is 5.91 Å². The number of carbonyl (C=O) groups excluding carboxylic acids is 2. The van der Waals surface area contributed by atoms with Crippen LogP contribution in [0.1, 0.15) is 43.4 Å². The van der Waals surface area contributed by atoms with Crippen molar-refractivity contribution in [1.82, 2.24) is 10.9 Å². The van der Waals surface area contributed by atoms with Gasteiger partial charge in [0, 0.05) is 5.56 Å². The summed E-state index contributed by atoms with van der Waals surface area (Å²) in [6.45, 7) is 7.27. The molecule has 5 nitrogen and oxygen atoms in total. The number of hydrogen-bond donors (Lipinski definition) is 2. The minimum atomic E-state index is -0.400. The molecule has 0 aliphatic rings. The second kappa shape index (κ2) is 5.83. The van der Waals surface area contributed by atoms with Gasteiger partial charge in [0.2, 0.25) is 0 Å². The Bertz CT molecular complexity index is 702. The molecule has 0 saturated heterocycles. The summed E-state index contributed by atoms with van der Waals surface area (Å²) in [6.07, 6.45) is 0. The van der Waals surface area contributed by atoms with Gasteiger partial charge in [-0.15, -0.1) is 0 Å². The van der Waals surface area contributed by atoms with Crippen LogP contribution >= 0.6 is 0 Å². The van der Waals surface area contributed by atoms with Crippen molar-refractivity contribution in [2.24, 2.45) is 0 Å². The summed E-state index contributed by atoms with van der Waals surface area (Å²) in [4.78, 5) is 24.1. The Morgan fingerprint density at radius 3 is 2.14 bits per heavy atom. The molecule has 0 aliphatic carbocycles. The molecule has 1 aromatic carbocycles. The third-order valence-corrected chi connectivity index (χ3v) is 3.42. The molecule has 0 spiro atoms. The number of nitrogens with one attached hydrogen (secondary N) is 2. The standard InChI is InChI=1S/C16H18N2O3/c1-9-6-5-7-13(11(9)3)15(19)17-18-16(20)14-8-10(2)21-12(14)4/h5-8H,1-4H3,(H,17,19)(H,18,20). The number of hydrogen-bond acceptors (Lipinski definition) is 3. The van der Waals surface area contributed by atoms with Crippen LogP contribution < -0.4 is 10.9 Å². The summed E-state index contributed by atoms with van der Waals surface area (Å²) in [7, 11) is 0. The molecule has 0 unspecified atom stereocenters. The van der Waals surface area contributed by atoms with E-state index in [1.165, 1.54) is 0 Å². The minimum absolute atomic E-state index is 0.345. The van der Waals surface area contributed by atoms with Crippen molar-refractivity contribution in [2.45, 2.75) is 27.7 Å². The molecular weight excluding hydrogens is 268 g/mol. The van der Waals surface area contributed by atoms with Crippen LogP contribution in [0.3, 0.4) is 0 Å². The second-order valence-electron chi connectivity index (χ2n) is 4.98. The van der Waals surface area contributed by atoms with Crippen molar-refractivity contribution in [3.63, 3.8) is 0 Å². The zero-order chi connectivity index (χ0) is 15.6. The van der Waals surface area contributed by atoms with E-state index in [1.807, 2.05) is 26.0 Å². The van der Waals surface area contributed by atoms with Crippen LogP contribution in [0.4, 0.5) is 0 Å². The Hall–Kier alpha value is -2.56. The molecule has 2 amide bonds. The molecule has 5 heteroatoms. The van der Waals surface area contributed by atoms with Gasteiger partial charge in [-0.3, -0.25) is 20.4 Å². The second-order valence-corrected chi connectivity index (χ2v) is 4.98. The normalized spacial score (nSPS) is 10.3. The van der Waals surface area contributed by atoms with Crippen LogP contribution in [-0.4, -0.2) is 11.8 Å². The first-order valence-electron chi connectivity index (χ1n) is 6.64. The first kappa shape index (κ1) is 14.8. The molecule has 0 saturated carbocycles. The van der Waals surface area contributed by atoms with E-state index in [4.69, 9.17) is 4.42 Å². The predicted molar refractivity (Wildman–Crippen MR) is 79.0 cm³/mol. The third-order valence-electron chi connectivity index (χ3n) is 3.42. The highest BCUT2D eigenvalue weighted by Gasteiger charge is 2.15. The lowest BCUT2D eigenvalue weighted by Crippen LogP contribution is -2.42. The van der Waals surface area contributed by atoms with Gasteiger partial charge in [-0.2, -0.15) is 0 Å². The zero-order valence-corrected chi connectivity index (χ0v) is 12.5. The Labute approximate surface area is 123 Å². The SMILES string of the molecule is Cc1cc(C(=O)NNC(=O)c2cccc(C)c2C)c(C)o1. The Balaban J connectivity index is 2.06. The molecule has 0 bridgehead atoms. The molecule has 110 valence electrons. The van der Waals surface area contributed by atoms with E-state index in [2.05, 4.69) is 10.9 Å².